The van der Waals surface area contributed by atoms with Gasteiger partial charge in [-0.05, 0) is 123 Å². The maximum atomic E-state index is 12.8. The van der Waals surface area contributed by atoms with Crippen molar-refractivity contribution in [2.24, 2.45) is 20.5 Å². The van der Waals surface area contributed by atoms with Crippen LogP contribution in [0.4, 0.5) is 51.7 Å². The number of aromatic nitrogens is 4. The lowest BCUT2D eigenvalue weighted by Crippen LogP contribution is -2.34. The van der Waals surface area contributed by atoms with Crippen molar-refractivity contribution in [2.45, 2.75) is 26.5 Å². The van der Waals surface area contributed by atoms with E-state index in [2.05, 4.69) is 69.9 Å². The monoisotopic (exact) mass is 1110 g/mol. The van der Waals surface area contributed by atoms with Crippen LogP contribution in [0.2, 0.25) is 0 Å². The molecule has 0 bridgehead atoms. The average molecular weight is 1120 g/mol. The molecule has 0 saturated heterocycles. The second kappa shape index (κ2) is 23.2. The number of phenolic OH excluding ortho intramolecular Hbond substituents is 1. The first kappa shape index (κ1) is 55.3. The molecule has 0 spiro atoms. The number of aromatic hydroxyl groups is 1. The fraction of sp³-hybridized carbons (Fsp3) is 0.0250. The Bertz CT molecular complexity index is 3790. The van der Waals surface area contributed by atoms with E-state index in [1.807, 2.05) is 19.1 Å². The van der Waals surface area contributed by atoms with Crippen LogP contribution < -0.4 is 20.9 Å². The zero-order valence-electron chi connectivity index (χ0n) is 36.7. The van der Waals surface area contributed by atoms with E-state index in [1.165, 1.54) is 59.4 Å². The average Bonchev–Trinajstić information content (AvgIpc) is 3.32. The van der Waals surface area contributed by atoms with Gasteiger partial charge in [-0.1, -0.05) is 17.2 Å². The van der Waals surface area contributed by atoms with Crippen molar-refractivity contribution in [3.8, 4) is 23.1 Å². The summed E-state index contributed by atoms with van der Waals surface area (Å²) < 4.78 is 111. The summed E-state index contributed by atoms with van der Waals surface area (Å²) >= 11 is 1.14. The molecule has 0 amide bonds. The number of hydrogen-bond acceptors (Lipinski definition) is 25. The van der Waals surface area contributed by atoms with Gasteiger partial charge in [0.2, 0.25) is 0 Å². The molecule has 384 valence electrons. The number of carboxylic acids is 1. The van der Waals surface area contributed by atoms with Crippen molar-refractivity contribution >= 4 is 123 Å². The molecule has 0 aliphatic rings. The Hall–Kier alpha value is -8.02. The first-order chi connectivity index (χ1) is 34.6. The molecule has 0 saturated carbocycles. The molecule has 0 aliphatic carbocycles. The zero-order chi connectivity index (χ0) is 52.7. The second-order valence-electron chi connectivity index (χ2n) is 14.1. The summed E-state index contributed by atoms with van der Waals surface area (Å²) in [7, 11) is -15.1. The lowest BCUT2D eigenvalue weighted by Gasteiger charge is -2.14. The number of rotatable bonds is 18. The van der Waals surface area contributed by atoms with Gasteiger partial charge in [0, 0.05) is 15.8 Å². The number of thioether (sulfide) groups is 1. The number of aryl methyl sites for hydroxylation is 1. The Morgan fingerprint density at radius 2 is 1.47 bits per heavy atom. The third-order valence-electron chi connectivity index (χ3n) is 9.15. The molecule has 0 atom stereocenters. The number of nitrogens with one attached hydrogen (secondary N) is 2. The molecule has 29 nitrogen and oxygen atoms in total. The van der Waals surface area contributed by atoms with E-state index in [1.54, 1.807) is 18.2 Å². The van der Waals surface area contributed by atoms with E-state index in [4.69, 9.17) is 15.5 Å². The Balaban J connectivity index is 0.00000892. The minimum Gasteiger partial charge on any atom is -0.505 e. The topological polar surface area (TPSA) is 451 Å². The number of azo groups is 2. The highest BCUT2D eigenvalue weighted by Crippen LogP contribution is 2.50. The van der Waals surface area contributed by atoms with E-state index in [-0.39, 0.29) is 73.7 Å². The van der Waals surface area contributed by atoms with Crippen molar-refractivity contribution in [1.82, 2.24) is 15.0 Å². The molecule has 34 heteroatoms. The largest absolute Gasteiger partial charge is 0.505 e. The second-order valence-corrected chi connectivity index (χ2v) is 19.5. The fourth-order valence-electron chi connectivity index (χ4n) is 6.17. The van der Waals surface area contributed by atoms with Gasteiger partial charge in [0.15, 0.2) is 11.9 Å². The molecule has 2 aromatic heterocycles. The summed E-state index contributed by atoms with van der Waals surface area (Å²) in [6, 6.07) is 20.7. The van der Waals surface area contributed by atoms with Crippen LogP contribution in [-0.2, 0) is 49.2 Å². The number of anilines is 5. The summed E-state index contributed by atoms with van der Waals surface area (Å²) in [5, 5.41) is 57.5. The van der Waals surface area contributed by atoms with Gasteiger partial charge < -0.3 is 32.1 Å². The minimum atomic E-state index is -5.21. The van der Waals surface area contributed by atoms with Crippen LogP contribution in [0.25, 0.3) is 16.7 Å². The van der Waals surface area contributed by atoms with Crippen LogP contribution in [0.15, 0.2) is 143 Å². The number of aromatic carboxylic acids is 1. The lowest BCUT2D eigenvalue weighted by molar-refractivity contribution is -0.603. The molecule has 0 aliphatic heterocycles. The fourth-order valence-corrected chi connectivity index (χ4v) is 8.55. The summed E-state index contributed by atoms with van der Waals surface area (Å²) in [5.41, 5.74) is 5.51. The molecule has 12 N–H and O–H groups in total. The Kier molecular flexibility index (Phi) is 17.4. The molecule has 74 heavy (non-hydrogen) atoms. The van der Waals surface area contributed by atoms with Crippen molar-refractivity contribution in [2.75, 3.05) is 16.4 Å². The van der Waals surface area contributed by atoms with Crippen LogP contribution in [0.5, 0.6) is 5.75 Å². The number of pyridine rings is 1. The van der Waals surface area contributed by atoms with Crippen molar-refractivity contribution in [3.63, 3.8) is 0 Å². The highest BCUT2D eigenvalue weighted by atomic mass is 32.3. The molecule has 0 fully saturated rings. The van der Waals surface area contributed by atoms with Crippen LogP contribution >= 0.6 is 23.8 Å². The number of hydrogen-bond donors (Lipinski definition) is 9. The van der Waals surface area contributed by atoms with Gasteiger partial charge in [-0.15, -0.1) is 19.5 Å². The molecular weight excluding hydrogens is 1080 g/mol. The zero-order valence-corrected chi connectivity index (χ0v) is 40.8. The number of benzene rings is 5. The quantitative estimate of drug-likeness (QED) is 0.00492. The maximum Gasteiger partial charge on any atom is 0.444 e. The smallest absolute Gasteiger partial charge is 0.444 e. The summed E-state index contributed by atoms with van der Waals surface area (Å²) in [5.74, 6) is -2.63. The number of nitrogen functional groups attached to an aromatic ring is 1. The third-order valence-corrected chi connectivity index (χ3v) is 12.5. The van der Waals surface area contributed by atoms with Crippen LogP contribution in [-0.4, -0.2) is 80.8 Å². The summed E-state index contributed by atoms with van der Waals surface area (Å²) in [6.07, 6.45) is 4.53. The number of carboxylic acid groups (broad SMARTS) is 1. The van der Waals surface area contributed by atoms with Gasteiger partial charge in [0.1, 0.15) is 21.2 Å². The van der Waals surface area contributed by atoms with Crippen molar-refractivity contribution < 1.29 is 87.8 Å². The van der Waals surface area contributed by atoms with Gasteiger partial charge in [0.05, 0.1) is 63.0 Å². The summed E-state index contributed by atoms with van der Waals surface area (Å²) in [4.78, 5) is 27.6. The Morgan fingerprint density at radius 3 is 2.14 bits per heavy atom. The van der Waals surface area contributed by atoms with E-state index in [0.717, 1.165) is 41.6 Å². The van der Waals surface area contributed by atoms with Gasteiger partial charge in [-0.25, -0.2) is 14.6 Å². The lowest BCUT2D eigenvalue weighted by atomic mass is 10.1. The van der Waals surface area contributed by atoms with E-state index in [9.17, 15) is 49.4 Å². The van der Waals surface area contributed by atoms with E-state index in [0.29, 0.717) is 10.6 Å². The SMILES string of the molecule is Cc1cccc(Nc2nc(Nc3cc(N=Nc4c(S(=O)(=O)O)cc5cc(SOOO)c(N=Nc6ccc(SC#COOS(=O)(=O)O)cc6)c(O)c5c4N)ccc3S(=O)(=O)O)nc(-[n+]3cccc(C(=O)O)c3)n2)c1.O. The van der Waals surface area contributed by atoms with E-state index < -0.39 is 69.2 Å². The summed E-state index contributed by atoms with van der Waals surface area (Å²) in [6.45, 7) is 1.84. The molecule has 7 aromatic rings. The van der Waals surface area contributed by atoms with E-state index >= 15 is 0 Å². The molecule has 5 aromatic carbocycles. The first-order valence-corrected chi connectivity index (χ1v) is 25.3. The number of fused-ring (bicyclic) bond motifs is 1. The van der Waals surface area contributed by atoms with Crippen molar-refractivity contribution in [3.05, 3.63) is 115 Å². The minimum absolute atomic E-state index is 0. The van der Waals surface area contributed by atoms with Gasteiger partial charge in [-0.2, -0.15) is 35.5 Å². The van der Waals surface area contributed by atoms with Gasteiger partial charge in [-0.3, -0.25) is 18.5 Å². The Labute approximate surface area is 424 Å². The van der Waals surface area contributed by atoms with Crippen LogP contribution in [0, 0.1) is 18.3 Å². The highest BCUT2D eigenvalue weighted by Gasteiger charge is 2.27. The molecule has 0 radical (unpaired) electrons. The van der Waals surface area contributed by atoms with Gasteiger partial charge in [0.25, 0.3) is 20.2 Å². The van der Waals surface area contributed by atoms with Crippen molar-refractivity contribution in [1.29, 1.82) is 0 Å². The third kappa shape index (κ3) is 14.1. The number of phenols is 1. The molecular formula is C40H32N11O18S5+. The van der Waals surface area contributed by atoms with Gasteiger partial charge >= 0.3 is 34.2 Å². The molecule has 2 heterocycles. The number of nitrogens with zero attached hydrogens (tertiary/aromatic N) is 8. The molecule has 0 unspecified atom stereocenters. The normalized spacial score (nSPS) is 11.8. The highest BCUT2D eigenvalue weighted by molar-refractivity contribution is 8.04. The van der Waals surface area contributed by atoms with Crippen LogP contribution in [0.3, 0.4) is 0 Å². The Morgan fingerprint density at radius 1 is 0.797 bits per heavy atom. The van der Waals surface area contributed by atoms with Crippen LogP contribution in [0.1, 0.15) is 15.9 Å². The predicted octanol–water partition coefficient (Wildman–Crippen LogP) is 6.77. The number of carbonyl (C=O) groups is 1. The standard InChI is InChI=1S/C40H29N11O17S5.H2O/c1-21-4-2-6-25(16-21)42-38-44-39(46-40(45-38)51-13-3-5-22(20-51)37(53)54)43-28-19-26(9-12-30(28)71(56,57)58)48-50-35-31(72(59,60)61)18-23-17-29(70-67-66-55)34(36(52)32(23)33(35)41)49-47-24-7-10-27(11-8-24)69-15-14-65-68-73(62,63)64;/h2-13,16-20H,1H3,(H9-,41,42,43,44,45,46,47,48,52,53,54,55,56,57,58,59,60,61,62,63,64);1H2/p+1. The maximum absolute atomic E-state index is 12.8. The first-order valence-electron chi connectivity index (χ1n) is 19.5. The predicted molar refractivity (Wildman–Crippen MR) is 259 cm³/mol. The number of nitrogens with two attached hydrogens (primary N) is 1. The molecule has 7 rings (SSSR count).